The third kappa shape index (κ3) is 5.49. The molecule has 4 aromatic rings. The Bertz CT molecular complexity index is 1260. The average Bonchev–Trinajstić information content (AvgIpc) is 2.80. The highest BCUT2D eigenvalue weighted by atomic mass is 79.9. The van der Waals surface area contributed by atoms with Gasteiger partial charge in [-0.3, -0.25) is 9.78 Å². The van der Waals surface area contributed by atoms with Crippen molar-refractivity contribution in [3.05, 3.63) is 101 Å². The van der Waals surface area contributed by atoms with Crippen LogP contribution >= 0.6 is 28.1 Å². The Labute approximate surface area is 200 Å². The quantitative estimate of drug-likeness (QED) is 0.278. The van der Waals surface area contributed by atoms with Crippen LogP contribution in [0.25, 0.3) is 10.8 Å². The van der Waals surface area contributed by atoms with Gasteiger partial charge in [-0.05, 0) is 72.6 Å². The summed E-state index contributed by atoms with van der Waals surface area (Å²) in [5.74, 6) is -0.253. The van der Waals surface area contributed by atoms with Gasteiger partial charge < -0.3 is 16.0 Å². The zero-order valence-electron chi connectivity index (χ0n) is 17.3. The number of carbonyl (C=O) groups excluding carboxylic acids is 1. The first-order chi connectivity index (χ1) is 15.5. The molecular weight excluding hydrogens is 484 g/mol. The first kappa shape index (κ1) is 21.9. The standard InChI is InChI=1S/C25H21BrN4OS/c1-16(17-6-8-20(26)9-7-17)28-25(32)30-22-12-10-21(11-13-22)29-24(31)23-14-18-4-2-3-5-19(18)15-27-23/h2-16H,1H3,(H,29,31)(H2,28,30,32)/t16-/m0/s1. The number of anilines is 2. The fourth-order valence-electron chi connectivity index (χ4n) is 3.24. The van der Waals surface area contributed by atoms with Crippen LogP contribution in [0.1, 0.15) is 29.0 Å². The van der Waals surface area contributed by atoms with E-state index in [4.69, 9.17) is 12.2 Å². The highest BCUT2D eigenvalue weighted by Crippen LogP contribution is 2.19. The van der Waals surface area contributed by atoms with Gasteiger partial charge in [-0.15, -0.1) is 0 Å². The zero-order valence-corrected chi connectivity index (χ0v) is 19.7. The summed E-state index contributed by atoms with van der Waals surface area (Å²) in [6, 6.07) is 25.1. The highest BCUT2D eigenvalue weighted by Gasteiger charge is 2.10. The molecule has 1 heterocycles. The van der Waals surface area contributed by atoms with Crippen molar-refractivity contribution >= 4 is 61.3 Å². The van der Waals surface area contributed by atoms with Crippen molar-refractivity contribution in [1.29, 1.82) is 0 Å². The second kappa shape index (κ2) is 9.89. The SMILES string of the molecule is C[C@H](NC(=S)Nc1ccc(NC(=O)c2cc3ccccc3cn2)cc1)c1ccc(Br)cc1. The first-order valence-corrected chi connectivity index (χ1v) is 11.3. The number of amides is 1. The second-order valence-electron chi connectivity index (χ2n) is 7.32. The van der Waals surface area contributed by atoms with E-state index in [9.17, 15) is 4.79 Å². The minimum absolute atomic E-state index is 0.0658. The smallest absolute Gasteiger partial charge is 0.274 e. The van der Waals surface area contributed by atoms with E-state index >= 15 is 0 Å². The fraction of sp³-hybridized carbons (Fsp3) is 0.0800. The largest absolute Gasteiger partial charge is 0.356 e. The number of hydrogen-bond donors (Lipinski definition) is 3. The van der Waals surface area contributed by atoms with Crippen molar-refractivity contribution in [2.75, 3.05) is 10.6 Å². The van der Waals surface area contributed by atoms with Gasteiger partial charge in [-0.2, -0.15) is 0 Å². The molecule has 3 aromatic carbocycles. The molecule has 1 aromatic heterocycles. The van der Waals surface area contributed by atoms with Crippen LogP contribution < -0.4 is 16.0 Å². The van der Waals surface area contributed by atoms with E-state index in [-0.39, 0.29) is 11.9 Å². The average molecular weight is 505 g/mol. The molecule has 7 heteroatoms. The van der Waals surface area contributed by atoms with Gasteiger partial charge in [0.15, 0.2) is 5.11 Å². The van der Waals surface area contributed by atoms with E-state index in [1.165, 1.54) is 0 Å². The summed E-state index contributed by atoms with van der Waals surface area (Å²) in [7, 11) is 0. The zero-order chi connectivity index (χ0) is 22.5. The molecule has 0 spiro atoms. The lowest BCUT2D eigenvalue weighted by atomic mass is 10.1. The molecule has 1 amide bonds. The maximum Gasteiger partial charge on any atom is 0.274 e. The molecule has 5 nitrogen and oxygen atoms in total. The summed E-state index contributed by atoms with van der Waals surface area (Å²) in [6.07, 6.45) is 1.71. The van der Waals surface area contributed by atoms with Gasteiger partial charge in [0.2, 0.25) is 0 Å². The van der Waals surface area contributed by atoms with Gasteiger partial charge in [0.25, 0.3) is 5.91 Å². The Hall–Kier alpha value is -3.29. The van der Waals surface area contributed by atoms with E-state index < -0.39 is 0 Å². The summed E-state index contributed by atoms with van der Waals surface area (Å²) in [4.78, 5) is 16.8. The highest BCUT2D eigenvalue weighted by molar-refractivity contribution is 9.10. The predicted octanol–water partition coefficient (Wildman–Crippen LogP) is 6.30. The number of halogens is 1. The fourth-order valence-corrected chi connectivity index (χ4v) is 3.80. The maximum absolute atomic E-state index is 12.6. The molecule has 4 rings (SSSR count). The van der Waals surface area contributed by atoms with Gasteiger partial charge in [-0.25, -0.2) is 0 Å². The number of thiocarbonyl (C=S) groups is 1. The van der Waals surface area contributed by atoms with Crippen LogP contribution in [0.2, 0.25) is 0 Å². The van der Waals surface area contributed by atoms with Gasteiger partial charge >= 0.3 is 0 Å². The van der Waals surface area contributed by atoms with Crippen LogP contribution in [0, 0.1) is 0 Å². The topological polar surface area (TPSA) is 66.0 Å². The van der Waals surface area contributed by atoms with Crippen molar-refractivity contribution in [2.45, 2.75) is 13.0 Å². The van der Waals surface area contributed by atoms with Gasteiger partial charge in [0.05, 0.1) is 6.04 Å². The summed E-state index contributed by atoms with van der Waals surface area (Å²) < 4.78 is 1.04. The summed E-state index contributed by atoms with van der Waals surface area (Å²) in [5, 5.41) is 11.8. The molecule has 0 fully saturated rings. The number of benzene rings is 3. The van der Waals surface area contributed by atoms with E-state index in [0.29, 0.717) is 16.5 Å². The summed E-state index contributed by atoms with van der Waals surface area (Å²) in [5.41, 5.74) is 3.01. The number of aromatic nitrogens is 1. The van der Waals surface area contributed by atoms with Crippen LogP contribution in [0.5, 0.6) is 0 Å². The molecule has 0 bridgehead atoms. The number of carbonyl (C=O) groups is 1. The lowest BCUT2D eigenvalue weighted by molar-refractivity contribution is 0.102. The molecule has 0 radical (unpaired) electrons. The van der Waals surface area contributed by atoms with Crippen molar-refractivity contribution in [2.24, 2.45) is 0 Å². The Morgan fingerprint density at radius 3 is 2.22 bits per heavy atom. The van der Waals surface area contributed by atoms with E-state index in [1.54, 1.807) is 12.3 Å². The van der Waals surface area contributed by atoms with Gasteiger partial charge in [-0.1, -0.05) is 52.3 Å². The van der Waals surface area contributed by atoms with Crippen LogP contribution in [0.4, 0.5) is 11.4 Å². The second-order valence-corrected chi connectivity index (χ2v) is 8.64. The number of fused-ring (bicyclic) bond motifs is 1. The monoisotopic (exact) mass is 504 g/mol. The van der Waals surface area contributed by atoms with Crippen LogP contribution in [-0.2, 0) is 0 Å². The molecule has 160 valence electrons. The molecule has 0 aliphatic carbocycles. The molecule has 0 aliphatic rings. The Morgan fingerprint density at radius 2 is 1.53 bits per heavy atom. The van der Waals surface area contributed by atoms with Crippen LogP contribution in [0.3, 0.4) is 0 Å². The minimum Gasteiger partial charge on any atom is -0.356 e. The van der Waals surface area contributed by atoms with Gasteiger partial charge in [0.1, 0.15) is 5.69 Å². The van der Waals surface area contributed by atoms with Crippen molar-refractivity contribution < 1.29 is 4.79 Å². The Balaban J connectivity index is 1.34. The number of nitrogens with one attached hydrogen (secondary N) is 3. The van der Waals surface area contributed by atoms with Crippen LogP contribution in [-0.4, -0.2) is 16.0 Å². The summed E-state index contributed by atoms with van der Waals surface area (Å²) in [6.45, 7) is 2.05. The Morgan fingerprint density at radius 1 is 0.906 bits per heavy atom. The van der Waals surface area contributed by atoms with Crippen molar-refractivity contribution in [3.63, 3.8) is 0 Å². The Kier molecular flexibility index (Phi) is 6.78. The third-order valence-electron chi connectivity index (χ3n) is 4.98. The molecule has 0 unspecified atom stereocenters. The molecular formula is C25H21BrN4OS. The molecule has 0 aliphatic heterocycles. The summed E-state index contributed by atoms with van der Waals surface area (Å²) >= 11 is 8.88. The van der Waals surface area contributed by atoms with Crippen LogP contribution in [0.15, 0.2) is 89.5 Å². The lowest BCUT2D eigenvalue weighted by Crippen LogP contribution is -2.30. The molecule has 3 N–H and O–H groups in total. The van der Waals surface area contributed by atoms with E-state index in [1.807, 2.05) is 72.8 Å². The number of rotatable bonds is 5. The van der Waals surface area contributed by atoms with E-state index in [2.05, 4.69) is 43.8 Å². The molecule has 0 saturated carbocycles. The number of nitrogens with zero attached hydrogens (tertiary/aromatic N) is 1. The van der Waals surface area contributed by atoms with Gasteiger partial charge in [0, 0.05) is 27.4 Å². The number of pyridine rings is 1. The third-order valence-corrected chi connectivity index (χ3v) is 5.73. The molecule has 0 saturated heterocycles. The predicted molar refractivity (Wildman–Crippen MR) is 138 cm³/mol. The minimum atomic E-state index is -0.253. The first-order valence-electron chi connectivity index (χ1n) is 10.1. The van der Waals surface area contributed by atoms with Crippen molar-refractivity contribution in [1.82, 2.24) is 10.3 Å². The van der Waals surface area contributed by atoms with Crippen molar-refractivity contribution in [3.8, 4) is 0 Å². The van der Waals surface area contributed by atoms with E-state index in [0.717, 1.165) is 26.5 Å². The number of hydrogen-bond acceptors (Lipinski definition) is 3. The maximum atomic E-state index is 12.6. The normalized spacial score (nSPS) is 11.6. The molecule has 1 atom stereocenters. The molecule has 32 heavy (non-hydrogen) atoms. The lowest BCUT2D eigenvalue weighted by Gasteiger charge is -2.17.